The zero-order valence-corrected chi connectivity index (χ0v) is 12.7. The van der Waals surface area contributed by atoms with Gasteiger partial charge in [0.1, 0.15) is 0 Å². The Balaban J connectivity index is 1.71. The summed E-state index contributed by atoms with van der Waals surface area (Å²) in [5, 5.41) is 3.42. The molecule has 20 heavy (non-hydrogen) atoms. The first-order valence-corrected chi connectivity index (χ1v) is 7.41. The van der Waals surface area contributed by atoms with E-state index >= 15 is 0 Å². The highest BCUT2D eigenvalue weighted by Gasteiger charge is 2.13. The molecule has 2 rings (SSSR count). The fourth-order valence-corrected chi connectivity index (χ4v) is 2.57. The molecule has 0 fully saturated rings. The summed E-state index contributed by atoms with van der Waals surface area (Å²) in [5.41, 5.74) is 4.23. The van der Waals surface area contributed by atoms with Gasteiger partial charge in [-0.25, -0.2) is 0 Å². The van der Waals surface area contributed by atoms with Crippen molar-refractivity contribution in [3.05, 3.63) is 29.3 Å². The Morgan fingerprint density at radius 2 is 2.15 bits per heavy atom. The van der Waals surface area contributed by atoms with Crippen LogP contribution in [0.5, 0.6) is 0 Å². The summed E-state index contributed by atoms with van der Waals surface area (Å²) in [6.07, 6.45) is 2.46. The van der Waals surface area contributed by atoms with Crippen LogP contribution in [0.15, 0.2) is 18.2 Å². The lowest BCUT2D eigenvalue weighted by atomic mass is 9.99. The van der Waals surface area contributed by atoms with Crippen LogP contribution >= 0.6 is 0 Å². The number of nitrogens with one attached hydrogen (secondary N) is 1. The topological polar surface area (TPSA) is 33.7 Å². The van der Waals surface area contributed by atoms with E-state index in [9.17, 15) is 0 Å². The van der Waals surface area contributed by atoms with E-state index in [-0.39, 0.29) is 0 Å². The van der Waals surface area contributed by atoms with Gasteiger partial charge in [0.25, 0.3) is 0 Å². The minimum absolute atomic E-state index is 0.665. The molecule has 1 heterocycles. The number of aryl methyl sites for hydroxylation is 1. The van der Waals surface area contributed by atoms with E-state index < -0.39 is 0 Å². The number of anilines is 1. The molecule has 0 saturated carbocycles. The highest BCUT2D eigenvalue weighted by molar-refractivity contribution is 5.56. The Bertz CT molecular complexity index is 409. The van der Waals surface area contributed by atoms with Crippen molar-refractivity contribution in [1.29, 1.82) is 0 Å². The van der Waals surface area contributed by atoms with Gasteiger partial charge in [-0.05, 0) is 30.0 Å². The molecular weight excluding hydrogens is 252 g/mol. The maximum absolute atomic E-state index is 5.42. The van der Waals surface area contributed by atoms with Crippen LogP contribution in [0, 0.1) is 0 Å². The molecule has 4 nitrogen and oxygen atoms in total. The van der Waals surface area contributed by atoms with Gasteiger partial charge in [-0.3, -0.25) is 0 Å². The Morgan fingerprint density at radius 3 is 3.00 bits per heavy atom. The summed E-state index contributed by atoms with van der Waals surface area (Å²) < 4.78 is 10.4. The lowest BCUT2D eigenvalue weighted by molar-refractivity contribution is 0.0719. The van der Waals surface area contributed by atoms with Gasteiger partial charge in [-0.1, -0.05) is 12.1 Å². The standard InChI is InChI=1S/C16H26N2O2/c1-18-8-3-4-15-12-14(5-6-16(15)18)13-17-7-9-20-11-10-19-2/h5-6,12,17H,3-4,7-11,13H2,1-2H3. The van der Waals surface area contributed by atoms with E-state index in [0.29, 0.717) is 13.2 Å². The first-order chi connectivity index (χ1) is 9.81. The number of benzene rings is 1. The van der Waals surface area contributed by atoms with Gasteiger partial charge in [-0.15, -0.1) is 0 Å². The molecule has 0 spiro atoms. The highest BCUT2D eigenvalue weighted by Crippen LogP contribution is 2.26. The average Bonchev–Trinajstić information content (AvgIpc) is 2.46. The molecular formula is C16H26N2O2. The monoisotopic (exact) mass is 278 g/mol. The maximum atomic E-state index is 5.42. The van der Waals surface area contributed by atoms with Crippen LogP contribution in [0.25, 0.3) is 0 Å². The fourth-order valence-electron chi connectivity index (χ4n) is 2.57. The number of rotatable bonds is 8. The Morgan fingerprint density at radius 1 is 1.25 bits per heavy atom. The Kier molecular flexibility index (Phi) is 6.30. The predicted molar refractivity (Wildman–Crippen MR) is 82.4 cm³/mol. The third kappa shape index (κ3) is 4.47. The van der Waals surface area contributed by atoms with E-state index in [1.165, 1.54) is 36.2 Å². The molecule has 112 valence electrons. The Labute approximate surface area is 122 Å². The lowest BCUT2D eigenvalue weighted by Crippen LogP contribution is -2.25. The summed E-state index contributed by atoms with van der Waals surface area (Å²) in [7, 11) is 3.86. The van der Waals surface area contributed by atoms with Crippen LogP contribution in [0.3, 0.4) is 0 Å². The van der Waals surface area contributed by atoms with Crippen molar-refractivity contribution < 1.29 is 9.47 Å². The van der Waals surface area contributed by atoms with Crippen LogP contribution in [-0.2, 0) is 22.4 Å². The molecule has 1 aromatic rings. The molecule has 0 radical (unpaired) electrons. The lowest BCUT2D eigenvalue weighted by Gasteiger charge is -2.27. The number of fused-ring (bicyclic) bond motifs is 1. The average molecular weight is 278 g/mol. The van der Waals surface area contributed by atoms with Crippen LogP contribution in [-0.4, -0.2) is 47.1 Å². The van der Waals surface area contributed by atoms with Crippen molar-refractivity contribution in [2.75, 3.05) is 52.0 Å². The van der Waals surface area contributed by atoms with Crippen molar-refractivity contribution in [3.8, 4) is 0 Å². The molecule has 0 amide bonds. The molecule has 1 N–H and O–H groups in total. The molecule has 1 aromatic carbocycles. The van der Waals surface area contributed by atoms with Crippen LogP contribution in [0.2, 0.25) is 0 Å². The normalized spacial score (nSPS) is 14.4. The quantitative estimate of drug-likeness (QED) is 0.736. The summed E-state index contributed by atoms with van der Waals surface area (Å²) in [6.45, 7) is 5.02. The zero-order chi connectivity index (χ0) is 14.2. The van der Waals surface area contributed by atoms with E-state index in [1.807, 2.05) is 0 Å². The number of methoxy groups -OCH3 is 1. The molecule has 0 atom stereocenters. The molecule has 4 heteroatoms. The third-order valence-corrected chi connectivity index (χ3v) is 3.68. The van der Waals surface area contributed by atoms with Gasteiger partial charge >= 0.3 is 0 Å². The Hall–Kier alpha value is -1.10. The van der Waals surface area contributed by atoms with E-state index in [1.54, 1.807) is 7.11 Å². The second-order valence-electron chi connectivity index (χ2n) is 5.27. The van der Waals surface area contributed by atoms with Gasteiger partial charge in [0.15, 0.2) is 0 Å². The maximum Gasteiger partial charge on any atom is 0.0700 e. The first kappa shape index (κ1) is 15.3. The minimum Gasteiger partial charge on any atom is -0.382 e. The molecule has 0 unspecified atom stereocenters. The number of nitrogens with zero attached hydrogens (tertiary/aromatic N) is 1. The van der Waals surface area contributed by atoms with E-state index in [2.05, 4.69) is 35.5 Å². The molecule has 0 saturated heterocycles. The van der Waals surface area contributed by atoms with Crippen molar-refractivity contribution in [2.45, 2.75) is 19.4 Å². The van der Waals surface area contributed by atoms with Gasteiger partial charge in [0.2, 0.25) is 0 Å². The van der Waals surface area contributed by atoms with Crippen LogP contribution in [0.1, 0.15) is 17.5 Å². The number of hydrogen-bond donors (Lipinski definition) is 1. The third-order valence-electron chi connectivity index (χ3n) is 3.68. The summed E-state index contributed by atoms with van der Waals surface area (Å²) in [6, 6.07) is 6.81. The van der Waals surface area contributed by atoms with Crippen LogP contribution < -0.4 is 10.2 Å². The number of hydrogen-bond acceptors (Lipinski definition) is 4. The minimum atomic E-state index is 0.665. The predicted octanol–water partition coefficient (Wildman–Crippen LogP) is 1.82. The summed E-state index contributed by atoms with van der Waals surface area (Å²) in [4.78, 5) is 2.35. The van der Waals surface area contributed by atoms with Crippen LogP contribution in [0.4, 0.5) is 5.69 Å². The molecule has 1 aliphatic heterocycles. The first-order valence-electron chi connectivity index (χ1n) is 7.41. The summed E-state index contributed by atoms with van der Waals surface area (Å²) in [5.74, 6) is 0. The second-order valence-corrected chi connectivity index (χ2v) is 5.27. The summed E-state index contributed by atoms with van der Waals surface area (Å²) >= 11 is 0. The van der Waals surface area contributed by atoms with Crippen molar-refractivity contribution >= 4 is 5.69 Å². The molecule has 0 aromatic heterocycles. The van der Waals surface area contributed by atoms with E-state index in [0.717, 1.165) is 19.7 Å². The van der Waals surface area contributed by atoms with Gasteiger partial charge < -0.3 is 19.7 Å². The molecule has 1 aliphatic rings. The van der Waals surface area contributed by atoms with Gasteiger partial charge in [-0.2, -0.15) is 0 Å². The highest BCUT2D eigenvalue weighted by atomic mass is 16.5. The molecule has 0 bridgehead atoms. The van der Waals surface area contributed by atoms with Crippen molar-refractivity contribution in [2.24, 2.45) is 0 Å². The van der Waals surface area contributed by atoms with E-state index in [4.69, 9.17) is 9.47 Å². The van der Waals surface area contributed by atoms with Gasteiger partial charge in [0, 0.05) is 39.5 Å². The smallest absolute Gasteiger partial charge is 0.0700 e. The molecule has 0 aliphatic carbocycles. The SMILES string of the molecule is COCCOCCNCc1ccc2c(c1)CCCN2C. The second kappa shape index (κ2) is 8.25. The van der Waals surface area contributed by atoms with Gasteiger partial charge in [0.05, 0.1) is 19.8 Å². The number of ether oxygens (including phenoxy) is 2. The largest absolute Gasteiger partial charge is 0.382 e. The zero-order valence-electron chi connectivity index (χ0n) is 12.7. The van der Waals surface area contributed by atoms with Crippen molar-refractivity contribution in [1.82, 2.24) is 5.32 Å². The van der Waals surface area contributed by atoms with Crippen molar-refractivity contribution in [3.63, 3.8) is 0 Å². The fraction of sp³-hybridized carbons (Fsp3) is 0.625.